The lowest BCUT2D eigenvalue weighted by Gasteiger charge is -2.30. The molecular formula is C21H16FN3O4. The third-order valence-corrected chi connectivity index (χ3v) is 5.07. The zero-order valence-electron chi connectivity index (χ0n) is 15.4. The molecule has 4 rings (SSSR count). The second-order valence-electron chi connectivity index (χ2n) is 6.81. The number of rotatable bonds is 4. The van der Waals surface area contributed by atoms with E-state index in [-0.39, 0.29) is 13.0 Å². The monoisotopic (exact) mass is 393 g/mol. The Labute approximate surface area is 165 Å². The van der Waals surface area contributed by atoms with Crippen LogP contribution in [0.5, 0.6) is 5.75 Å². The number of methoxy groups -OCH3 is 1. The predicted octanol–water partition coefficient (Wildman–Crippen LogP) is 1.20. The van der Waals surface area contributed by atoms with E-state index in [9.17, 15) is 19.2 Å². The highest BCUT2D eigenvalue weighted by Crippen LogP contribution is 2.40. The second-order valence-corrected chi connectivity index (χ2v) is 6.81. The van der Waals surface area contributed by atoms with Crippen LogP contribution in [0, 0.1) is 22.6 Å². The minimum atomic E-state index is -1.75. The van der Waals surface area contributed by atoms with Gasteiger partial charge >= 0.3 is 6.09 Å². The maximum absolute atomic E-state index is 14.0. The summed E-state index contributed by atoms with van der Waals surface area (Å²) in [7, 11) is 1.50. The molecule has 7 nitrogen and oxygen atoms in total. The first-order valence-electron chi connectivity index (χ1n) is 8.90. The largest absolute Gasteiger partial charge is 0.497 e. The molecule has 2 aromatic rings. The van der Waals surface area contributed by atoms with E-state index in [4.69, 9.17) is 9.47 Å². The number of fused-ring (bicyclic) bond motifs is 1. The molecule has 0 radical (unpaired) electrons. The number of carbonyl (C=O) groups excluding carboxylic acids is 2. The molecule has 2 aliphatic heterocycles. The van der Waals surface area contributed by atoms with Crippen LogP contribution in [0.4, 0.5) is 9.18 Å². The number of carbonyl (C=O) groups is 2. The fourth-order valence-electron chi connectivity index (χ4n) is 3.75. The van der Waals surface area contributed by atoms with E-state index < -0.39 is 29.3 Å². The van der Waals surface area contributed by atoms with Gasteiger partial charge in [-0.2, -0.15) is 5.26 Å². The maximum Gasteiger partial charge on any atom is 0.407 e. The predicted molar refractivity (Wildman–Crippen MR) is 98.6 cm³/mol. The quantitative estimate of drug-likeness (QED) is 0.841. The Balaban J connectivity index is 2.03. The molecule has 2 atom stereocenters. The zero-order chi connectivity index (χ0) is 20.6. The van der Waals surface area contributed by atoms with Gasteiger partial charge in [0.15, 0.2) is 5.41 Å². The lowest BCUT2D eigenvalue weighted by atomic mass is 9.71. The average molecular weight is 393 g/mol. The molecule has 0 spiro atoms. The van der Waals surface area contributed by atoms with Gasteiger partial charge in [-0.25, -0.2) is 14.2 Å². The Bertz CT molecular complexity index is 1190. The minimum absolute atomic E-state index is 0.104. The number of cyclic esters (lactones) is 1. The van der Waals surface area contributed by atoms with Crippen molar-refractivity contribution >= 4 is 17.6 Å². The number of hydrogen-bond acceptors (Lipinski definition) is 5. The minimum Gasteiger partial charge on any atom is -0.497 e. The number of alkyl carbamates (subject to hydrolysis) is 1. The molecule has 146 valence electrons. The van der Waals surface area contributed by atoms with Crippen LogP contribution >= 0.6 is 0 Å². The number of nitriles is 1. The molecule has 29 heavy (non-hydrogen) atoms. The molecule has 2 heterocycles. The van der Waals surface area contributed by atoms with E-state index in [2.05, 4.69) is 16.4 Å². The summed E-state index contributed by atoms with van der Waals surface area (Å²) in [5.41, 5.74) is -1.05. The molecule has 1 fully saturated rings. The summed E-state index contributed by atoms with van der Waals surface area (Å²) < 4.78 is 24.5. The smallest absolute Gasteiger partial charge is 0.407 e. The Hall–Kier alpha value is -3.73. The third kappa shape index (κ3) is 3.10. The summed E-state index contributed by atoms with van der Waals surface area (Å²) in [6, 6.07) is 12.7. The lowest BCUT2D eigenvalue weighted by Crippen LogP contribution is -2.46. The molecule has 2 aliphatic rings. The van der Waals surface area contributed by atoms with Gasteiger partial charge in [0.25, 0.3) is 5.91 Å². The average Bonchev–Trinajstić information content (AvgIpc) is 3.12. The number of amides is 2. The van der Waals surface area contributed by atoms with Gasteiger partial charge in [-0.3, -0.25) is 4.79 Å². The standard InChI is InChI=1S/C21H16FN3O4/c1-28-14-5-6-17-16(8-14)18(12-3-2-4-13(22)7-12)21(11-23,19(26)25-17)9-15-10-24-20(27)29-15/h2-8,15H,9-10H2,1H3,(H,24,27). The van der Waals surface area contributed by atoms with Crippen molar-refractivity contribution < 1.29 is 23.5 Å². The van der Waals surface area contributed by atoms with Crippen LogP contribution in [0.3, 0.4) is 0 Å². The molecular weight excluding hydrogens is 377 g/mol. The highest BCUT2D eigenvalue weighted by atomic mass is 19.1. The highest BCUT2D eigenvalue weighted by molar-refractivity contribution is 6.01. The van der Waals surface area contributed by atoms with Gasteiger partial charge in [-0.1, -0.05) is 12.1 Å². The number of nitrogens with one attached hydrogen (secondary N) is 1. The fourth-order valence-corrected chi connectivity index (χ4v) is 3.75. The number of ether oxygens (including phenoxy) is 2. The van der Waals surface area contributed by atoms with Crippen LogP contribution in [-0.2, 0) is 9.53 Å². The number of hydrogen-bond donors (Lipinski definition) is 1. The van der Waals surface area contributed by atoms with E-state index >= 15 is 0 Å². The second kappa shape index (κ2) is 7.02. The Morgan fingerprint density at radius 3 is 2.83 bits per heavy atom. The van der Waals surface area contributed by atoms with Crippen LogP contribution in [0.2, 0.25) is 0 Å². The summed E-state index contributed by atoms with van der Waals surface area (Å²) in [6.07, 6.45) is -1.41. The number of halogens is 1. The summed E-state index contributed by atoms with van der Waals surface area (Å²) in [6.45, 7) is 0.164. The molecule has 1 N–H and O–H groups in total. The lowest BCUT2D eigenvalue weighted by molar-refractivity contribution is -0.123. The SMILES string of the molecule is COc1ccc2c(c1)=C(c1cccc(F)c1)C(C#N)(CC1CNC(=O)O1)C(=O)N=2. The van der Waals surface area contributed by atoms with Crippen molar-refractivity contribution in [1.29, 1.82) is 5.26 Å². The van der Waals surface area contributed by atoms with E-state index in [1.165, 1.54) is 25.3 Å². The van der Waals surface area contributed by atoms with Gasteiger partial charge in [0.05, 0.1) is 25.1 Å². The van der Waals surface area contributed by atoms with Crippen molar-refractivity contribution in [2.45, 2.75) is 12.5 Å². The van der Waals surface area contributed by atoms with Crippen LogP contribution in [0.1, 0.15) is 12.0 Å². The van der Waals surface area contributed by atoms with Crippen LogP contribution in [0.15, 0.2) is 47.5 Å². The highest BCUT2D eigenvalue weighted by Gasteiger charge is 2.48. The Morgan fingerprint density at radius 1 is 1.34 bits per heavy atom. The van der Waals surface area contributed by atoms with Crippen molar-refractivity contribution in [2.75, 3.05) is 13.7 Å². The summed E-state index contributed by atoms with van der Waals surface area (Å²) in [5.74, 6) is -0.682. The van der Waals surface area contributed by atoms with Crippen molar-refractivity contribution in [2.24, 2.45) is 10.4 Å². The fraction of sp³-hybridized carbons (Fsp3) is 0.238. The molecule has 2 amide bonds. The van der Waals surface area contributed by atoms with Crippen molar-refractivity contribution in [3.05, 3.63) is 64.4 Å². The zero-order valence-corrected chi connectivity index (χ0v) is 15.4. The summed E-state index contributed by atoms with van der Waals surface area (Å²) in [5, 5.41) is 13.5. The molecule has 2 aromatic carbocycles. The first-order valence-corrected chi connectivity index (χ1v) is 8.90. The summed E-state index contributed by atoms with van der Waals surface area (Å²) >= 11 is 0. The topological polar surface area (TPSA) is 101 Å². The van der Waals surface area contributed by atoms with Gasteiger partial charge in [0.1, 0.15) is 17.7 Å². The normalized spacial score (nSPS) is 22.8. The van der Waals surface area contributed by atoms with Gasteiger partial charge in [0, 0.05) is 11.6 Å². The molecule has 2 unspecified atom stereocenters. The first-order chi connectivity index (χ1) is 14.0. The number of nitrogens with zero attached hydrogens (tertiary/aromatic N) is 2. The van der Waals surface area contributed by atoms with Crippen molar-refractivity contribution in [3.63, 3.8) is 0 Å². The van der Waals surface area contributed by atoms with Crippen LogP contribution < -0.4 is 20.6 Å². The third-order valence-electron chi connectivity index (χ3n) is 5.07. The first kappa shape index (κ1) is 18.6. The molecule has 0 aliphatic carbocycles. The maximum atomic E-state index is 14.0. The Kier molecular flexibility index (Phi) is 4.51. The van der Waals surface area contributed by atoms with Crippen LogP contribution in [-0.4, -0.2) is 31.8 Å². The van der Waals surface area contributed by atoms with Crippen molar-refractivity contribution in [3.8, 4) is 11.8 Å². The summed E-state index contributed by atoms with van der Waals surface area (Å²) in [4.78, 5) is 28.7. The van der Waals surface area contributed by atoms with E-state index in [0.29, 0.717) is 27.5 Å². The molecule has 1 saturated heterocycles. The Morgan fingerprint density at radius 2 is 2.17 bits per heavy atom. The van der Waals surface area contributed by atoms with E-state index in [1.807, 2.05) is 0 Å². The molecule has 8 heteroatoms. The number of benzene rings is 2. The van der Waals surface area contributed by atoms with Crippen molar-refractivity contribution in [1.82, 2.24) is 5.32 Å². The van der Waals surface area contributed by atoms with Gasteiger partial charge in [-0.05, 0) is 41.5 Å². The molecule has 0 bridgehead atoms. The molecule has 0 saturated carbocycles. The molecule has 0 aromatic heterocycles. The van der Waals surface area contributed by atoms with Gasteiger partial charge in [0.2, 0.25) is 0 Å². The van der Waals surface area contributed by atoms with Crippen LogP contribution in [0.25, 0.3) is 5.57 Å². The van der Waals surface area contributed by atoms with Gasteiger partial charge < -0.3 is 14.8 Å². The van der Waals surface area contributed by atoms with E-state index in [1.54, 1.807) is 24.3 Å². The van der Waals surface area contributed by atoms with E-state index in [0.717, 1.165) is 0 Å². The van der Waals surface area contributed by atoms with Gasteiger partial charge in [-0.15, -0.1) is 0 Å².